The molecule has 148 valence electrons. The van der Waals surface area contributed by atoms with Crippen molar-refractivity contribution >= 4 is 22.2 Å². The van der Waals surface area contributed by atoms with E-state index in [0.717, 1.165) is 60.5 Å². The Hall–Kier alpha value is -2.42. The number of morpholine rings is 1. The summed E-state index contributed by atoms with van der Waals surface area (Å²) in [5.41, 5.74) is 2.82. The lowest BCUT2D eigenvalue weighted by Crippen LogP contribution is -2.41. The predicted octanol–water partition coefficient (Wildman–Crippen LogP) is 2.06. The molecule has 28 heavy (non-hydrogen) atoms. The average molecular weight is 401 g/mol. The van der Waals surface area contributed by atoms with Gasteiger partial charge in [-0.1, -0.05) is 12.1 Å². The van der Waals surface area contributed by atoms with Crippen molar-refractivity contribution in [3.8, 4) is 17.0 Å². The van der Waals surface area contributed by atoms with E-state index in [9.17, 15) is 4.79 Å². The van der Waals surface area contributed by atoms with E-state index in [4.69, 9.17) is 9.47 Å². The van der Waals surface area contributed by atoms with Crippen molar-refractivity contribution in [1.82, 2.24) is 19.6 Å². The summed E-state index contributed by atoms with van der Waals surface area (Å²) >= 11 is 1.55. The van der Waals surface area contributed by atoms with Gasteiger partial charge in [0, 0.05) is 49.0 Å². The van der Waals surface area contributed by atoms with Crippen molar-refractivity contribution in [2.45, 2.75) is 6.42 Å². The molecule has 4 rings (SSSR count). The number of ether oxygens (including phenoxy) is 2. The summed E-state index contributed by atoms with van der Waals surface area (Å²) in [6, 6.07) is 7.83. The van der Waals surface area contributed by atoms with E-state index in [-0.39, 0.29) is 5.91 Å². The fourth-order valence-electron chi connectivity index (χ4n) is 3.28. The van der Waals surface area contributed by atoms with Gasteiger partial charge in [-0.25, -0.2) is 4.98 Å². The normalized spacial score (nSPS) is 15.0. The minimum atomic E-state index is 0.0320. The van der Waals surface area contributed by atoms with Crippen LogP contribution in [0.25, 0.3) is 16.2 Å². The Kier molecular flexibility index (Phi) is 5.90. The predicted molar refractivity (Wildman–Crippen MR) is 109 cm³/mol. The minimum absolute atomic E-state index is 0.0320. The molecule has 0 unspecified atom stereocenters. The summed E-state index contributed by atoms with van der Waals surface area (Å²) in [6.45, 7) is 4.94. The fraction of sp³-hybridized carbons (Fsp3) is 0.400. The second kappa shape index (κ2) is 8.72. The number of imidazole rings is 1. The highest BCUT2D eigenvalue weighted by atomic mass is 32.1. The van der Waals surface area contributed by atoms with Crippen LogP contribution in [0.5, 0.6) is 5.75 Å². The van der Waals surface area contributed by atoms with Crippen LogP contribution in [0.1, 0.15) is 5.69 Å². The Labute approximate surface area is 167 Å². The summed E-state index contributed by atoms with van der Waals surface area (Å²) in [4.78, 5) is 20.2. The number of hydrogen-bond donors (Lipinski definition) is 1. The molecule has 0 aliphatic carbocycles. The average Bonchev–Trinajstić information content (AvgIpc) is 3.31. The fourth-order valence-corrected chi connectivity index (χ4v) is 4.16. The van der Waals surface area contributed by atoms with Crippen LogP contribution in [0.15, 0.2) is 35.8 Å². The number of carbonyl (C=O) groups excluding carboxylic acids is 1. The monoisotopic (exact) mass is 400 g/mol. The first-order valence-corrected chi connectivity index (χ1v) is 10.3. The first kappa shape index (κ1) is 18.9. The molecule has 3 heterocycles. The van der Waals surface area contributed by atoms with Crippen LogP contribution in [-0.4, -0.2) is 66.7 Å². The quantitative estimate of drug-likeness (QED) is 0.658. The number of carbonyl (C=O) groups is 1. The largest absolute Gasteiger partial charge is 0.497 e. The number of rotatable bonds is 7. The highest BCUT2D eigenvalue weighted by Gasteiger charge is 2.14. The molecule has 3 aromatic rings. The van der Waals surface area contributed by atoms with Crippen LogP contribution in [-0.2, 0) is 16.0 Å². The van der Waals surface area contributed by atoms with Gasteiger partial charge in [0.25, 0.3) is 0 Å². The maximum atomic E-state index is 12.4. The number of thiazole rings is 1. The third-order valence-electron chi connectivity index (χ3n) is 4.84. The van der Waals surface area contributed by atoms with Gasteiger partial charge in [0.15, 0.2) is 4.96 Å². The number of methoxy groups -OCH3 is 1. The number of fused-ring (bicyclic) bond motifs is 1. The Morgan fingerprint density at radius 1 is 1.36 bits per heavy atom. The van der Waals surface area contributed by atoms with E-state index in [2.05, 4.69) is 15.2 Å². The number of aromatic nitrogens is 2. The van der Waals surface area contributed by atoms with Crippen molar-refractivity contribution < 1.29 is 14.3 Å². The smallest absolute Gasteiger partial charge is 0.226 e. The molecule has 1 aromatic carbocycles. The van der Waals surface area contributed by atoms with Crippen molar-refractivity contribution in [3.63, 3.8) is 0 Å². The van der Waals surface area contributed by atoms with Gasteiger partial charge < -0.3 is 14.8 Å². The molecule has 2 aromatic heterocycles. The molecule has 1 aliphatic heterocycles. The van der Waals surface area contributed by atoms with Gasteiger partial charge in [-0.15, -0.1) is 11.3 Å². The highest BCUT2D eigenvalue weighted by molar-refractivity contribution is 7.15. The van der Waals surface area contributed by atoms with E-state index >= 15 is 0 Å². The van der Waals surface area contributed by atoms with Crippen LogP contribution in [0, 0.1) is 0 Å². The first-order valence-electron chi connectivity index (χ1n) is 9.39. The van der Waals surface area contributed by atoms with Crippen LogP contribution in [0.2, 0.25) is 0 Å². The van der Waals surface area contributed by atoms with Crippen molar-refractivity contribution in [1.29, 1.82) is 0 Å². The second-order valence-electron chi connectivity index (χ2n) is 6.72. The maximum absolute atomic E-state index is 12.4. The lowest BCUT2D eigenvalue weighted by Gasteiger charge is -2.26. The highest BCUT2D eigenvalue weighted by Crippen LogP contribution is 2.26. The standard InChI is InChI=1S/C20H24N4O3S/c1-26-17-4-2-3-15(11-17)18-13-24-16(14-28-20(24)22-18)12-19(25)21-5-6-23-7-9-27-10-8-23/h2-4,11,13-14H,5-10,12H2,1H3,(H,21,25). The van der Waals surface area contributed by atoms with Crippen LogP contribution >= 0.6 is 11.3 Å². The van der Waals surface area contributed by atoms with Crippen LogP contribution in [0.3, 0.4) is 0 Å². The molecule has 1 aliphatic rings. The molecule has 1 amide bonds. The number of nitrogens with one attached hydrogen (secondary N) is 1. The molecule has 1 saturated heterocycles. The zero-order valence-electron chi connectivity index (χ0n) is 15.9. The molecular weight excluding hydrogens is 376 g/mol. The zero-order chi connectivity index (χ0) is 19.3. The molecule has 7 nitrogen and oxygen atoms in total. The molecule has 1 N–H and O–H groups in total. The van der Waals surface area contributed by atoms with Crippen LogP contribution in [0.4, 0.5) is 0 Å². The van der Waals surface area contributed by atoms with Crippen molar-refractivity contribution in [2.75, 3.05) is 46.5 Å². The summed E-state index contributed by atoms with van der Waals surface area (Å²) in [5, 5.41) is 5.02. The van der Waals surface area contributed by atoms with E-state index in [1.165, 1.54) is 0 Å². The van der Waals surface area contributed by atoms with Crippen molar-refractivity contribution in [2.24, 2.45) is 0 Å². The third kappa shape index (κ3) is 4.35. The molecule has 0 bridgehead atoms. The van der Waals surface area contributed by atoms with E-state index < -0.39 is 0 Å². The molecule has 1 fully saturated rings. The summed E-state index contributed by atoms with van der Waals surface area (Å²) < 4.78 is 12.6. The van der Waals surface area contributed by atoms with Gasteiger partial charge in [-0.3, -0.25) is 14.1 Å². The summed E-state index contributed by atoms with van der Waals surface area (Å²) in [5.74, 6) is 0.832. The Bertz CT molecular complexity index is 946. The molecule has 0 atom stereocenters. The van der Waals surface area contributed by atoms with E-state index in [1.807, 2.05) is 40.2 Å². The number of nitrogens with zero attached hydrogens (tertiary/aromatic N) is 3. The van der Waals surface area contributed by atoms with Gasteiger partial charge in [-0.05, 0) is 12.1 Å². The van der Waals surface area contributed by atoms with Crippen molar-refractivity contribution in [3.05, 3.63) is 41.5 Å². The molecule has 8 heteroatoms. The molecule has 0 radical (unpaired) electrons. The lowest BCUT2D eigenvalue weighted by atomic mass is 10.1. The topological polar surface area (TPSA) is 68.1 Å². The van der Waals surface area contributed by atoms with Gasteiger partial charge in [0.05, 0.1) is 32.4 Å². The van der Waals surface area contributed by atoms with Crippen LogP contribution < -0.4 is 10.1 Å². The van der Waals surface area contributed by atoms with Gasteiger partial charge >= 0.3 is 0 Å². The summed E-state index contributed by atoms with van der Waals surface area (Å²) in [6.07, 6.45) is 2.33. The summed E-state index contributed by atoms with van der Waals surface area (Å²) in [7, 11) is 1.65. The second-order valence-corrected chi connectivity index (χ2v) is 7.56. The molecule has 0 spiro atoms. The Morgan fingerprint density at radius 3 is 3.04 bits per heavy atom. The first-order chi connectivity index (χ1) is 13.7. The number of hydrogen-bond acceptors (Lipinski definition) is 6. The third-order valence-corrected chi connectivity index (χ3v) is 5.73. The lowest BCUT2D eigenvalue weighted by molar-refractivity contribution is -0.120. The zero-order valence-corrected chi connectivity index (χ0v) is 16.7. The number of amides is 1. The number of benzene rings is 1. The van der Waals surface area contributed by atoms with Gasteiger partial charge in [0.1, 0.15) is 5.75 Å². The van der Waals surface area contributed by atoms with Gasteiger partial charge in [0.2, 0.25) is 5.91 Å². The van der Waals surface area contributed by atoms with Gasteiger partial charge in [-0.2, -0.15) is 0 Å². The Balaban J connectivity index is 1.38. The Morgan fingerprint density at radius 2 is 2.21 bits per heavy atom. The van der Waals surface area contributed by atoms with E-state index in [1.54, 1.807) is 18.4 Å². The molecular formula is C20H24N4O3S. The van der Waals surface area contributed by atoms with E-state index in [0.29, 0.717) is 13.0 Å². The SMILES string of the molecule is COc1cccc(-c2cn3c(CC(=O)NCCN4CCOCC4)csc3n2)c1. The minimum Gasteiger partial charge on any atom is -0.497 e. The molecule has 0 saturated carbocycles. The maximum Gasteiger partial charge on any atom is 0.226 e.